The van der Waals surface area contributed by atoms with Crippen LogP contribution < -0.4 is 15.2 Å². The van der Waals surface area contributed by atoms with Crippen LogP contribution in [0.1, 0.15) is 6.92 Å². The summed E-state index contributed by atoms with van der Waals surface area (Å²) in [6.45, 7) is 1.54. The molecule has 17 heavy (non-hydrogen) atoms. The predicted octanol–water partition coefficient (Wildman–Crippen LogP) is 0.264. The van der Waals surface area contributed by atoms with Gasteiger partial charge >= 0.3 is 0 Å². The molecule has 0 unspecified atom stereocenters. The van der Waals surface area contributed by atoms with E-state index < -0.39 is 16.1 Å². The fourth-order valence-corrected chi connectivity index (χ4v) is 1.56. The number of anilines is 2. The summed E-state index contributed by atoms with van der Waals surface area (Å²) < 4.78 is 23.7. The third-order valence-corrected chi connectivity index (χ3v) is 2.14. The molecule has 0 fully saturated rings. The van der Waals surface area contributed by atoms with Crippen molar-refractivity contribution in [1.82, 2.24) is 0 Å². The lowest BCUT2D eigenvalue weighted by atomic mass is 10.3. The molecule has 0 spiro atoms. The van der Waals surface area contributed by atoms with Gasteiger partial charge in [0, 0.05) is 5.69 Å². The summed E-state index contributed by atoms with van der Waals surface area (Å²) in [5, 5.41) is 7.30. The zero-order valence-electron chi connectivity index (χ0n) is 9.02. The lowest BCUT2D eigenvalue weighted by Crippen LogP contribution is -2.21. The van der Waals surface area contributed by atoms with Crippen LogP contribution in [0.15, 0.2) is 24.3 Å². The number of amides is 1. The minimum absolute atomic E-state index is 0.259. The number of carbonyl (C=O) groups excluding carboxylic acids is 1. The van der Waals surface area contributed by atoms with Crippen molar-refractivity contribution in [3.05, 3.63) is 24.3 Å². The van der Waals surface area contributed by atoms with Crippen molar-refractivity contribution in [2.45, 2.75) is 6.92 Å². The molecule has 7 heteroatoms. The first-order chi connectivity index (χ1) is 7.90. The highest BCUT2D eigenvalue weighted by molar-refractivity contribution is 7.90. The molecular weight excluding hydrogens is 242 g/mol. The molecule has 0 radical (unpaired) electrons. The number of hydrogen-bond acceptors (Lipinski definition) is 3. The highest BCUT2D eigenvalue weighted by Gasteiger charge is 2.03. The van der Waals surface area contributed by atoms with Gasteiger partial charge in [-0.1, -0.05) is 12.0 Å². The minimum Gasteiger partial charge on any atom is -0.315 e. The van der Waals surface area contributed by atoms with Crippen molar-refractivity contribution < 1.29 is 13.2 Å². The molecule has 90 valence electrons. The quantitative estimate of drug-likeness (QED) is 0.673. The third kappa shape index (κ3) is 5.01. The first kappa shape index (κ1) is 13.0. The number of nitrogens with two attached hydrogens (primary N) is 1. The Morgan fingerprint density at radius 2 is 2.00 bits per heavy atom. The van der Waals surface area contributed by atoms with Gasteiger partial charge in [-0.3, -0.25) is 9.52 Å². The molecule has 1 aromatic rings. The Bertz CT molecular complexity index is 584. The third-order valence-electron chi connectivity index (χ3n) is 1.62. The van der Waals surface area contributed by atoms with Crippen LogP contribution in [0.2, 0.25) is 0 Å². The molecule has 4 N–H and O–H groups in total. The summed E-state index contributed by atoms with van der Waals surface area (Å²) in [6, 6.07) is 6.11. The van der Waals surface area contributed by atoms with E-state index in [1.165, 1.54) is 12.1 Å². The summed E-state index contributed by atoms with van der Waals surface area (Å²) in [5.74, 6) is 4.27. The fraction of sp³-hybridized carbons (Fsp3) is 0.100. The van der Waals surface area contributed by atoms with E-state index in [1.54, 1.807) is 19.1 Å². The summed E-state index contributed by atoms with van der Waals surface area (Å²) in [7, 11) is -3.82. The molecule has 0 saturated carbocycles. The largest absolute Gasteiger partial charge is 0.315 e. The van der Waals surface area contributed by atoms with E-state index in [0.717, 1.165) is 0 Å². The van der Waals surface area contributed by atoms with Crippen molar-refractivity contribution in [2.75, 3.05) is 10.0 Å². The van der Waals surface area contributed by atoms with Crippen LogP contribution in [-0.4, -0.2) is 14.3 Å². The van der Waals surface area contributed by atoms with Crippen molar-refractivity contribution in [1.29, 1.82) is 0 Å². The molecular formula is C10H11N3O3S. The Hall–Kier alpha value is -2.04. The summed E-state index contributed by atoms with van der Waals surface area (Å²) in [5.41, 5.74) is 0.682. The van der Waals surface area contributed by atoms with Gasteiger partial charge in [-0.15, -0.1) is 0 Å². The zero-order valence-corrected chi connectivity index (χ0v) is 9.84. The van der Waals surface area contributed by atoms with Gasteiger partial charge in [-0.2, -0.15) is 8.42 Å². The van der Waals surface area contributed by atoms with Crippen molar-refractivity contribution in [2.24, 2.45) is 5.14 Å². The Kier molecular flexibility index (Phi) is 4.09. The van der Waals surface area contributed by atoms with Crippen LogP contribution in [0.5, 0.6) is 0 Å². The summed E-state index contributed by atoms with van der Waals surface area (Å²) in [6.07, 6.45) is 0. The molecule has 6 nitrogen and oxygen atoms in total. The fourth-order valence-electron chi connectivity index (χ4n) is 1.10. The number of rotatable bonds is 3. The van der Waals surface area contributed by atoms with Crippen LogP contribution in [0, 0.1) is 11.8 Å². The molecule has 1 amide bonds. The molecule has 0 aliphatic carbocycles. The van der Waals surface area contributed by atoms with Gasteiger partial charge in [-0.25, -0.2) is 5.14 Å². The second-order valence-corrected chi connectivity index (χ2v) is 4.35. The second kappa shape index (κ2) is 5.34. The molecule has 0 aliphatic heterocycles. The molecule has 0 aliphatic rings. The maximum atomic E-state index is 11.2. The average Bonchev–Trinajstić information content (AvgIpc) is 2.15. The van der Waals surface area contributed by atoms with Crippen LogP contribution >= 0.6 is 0 Å². The SMILES string of the molecule is CC#CC(=O)Nc1cccc(NS(N)(=O)=O)c1. The van der Waals surface area contributed by atoms with E-state index >= 15 is 0 Å². The van der Waals surface area contributed by atoms with Gasteiger partial charge in [-0.05, 0) is 31.0 Å². The Labute approximate surface area is 99.4 Å². The maximum Gasteiger partial charge on any atom is 0.300 e. The first-order valence-corrected chi connectivity index (χ1v) is 6.09. The van der Waals surface area contributed by atoms with E-state index in [1.807, 2.05) is 0 Å². The summed E-state index contributed by atoms with van der Waals surface area (Å²) >= 11 is 0. The first-order valence-electron chi connectivity index (χ1n) is 4.55. The smallest absolute Gasteiger partial charge is 0.300 e. The summed E-state index contributed by atoms with van der Waals surface area (Å²) in [4.78, 5) is 11.2. The van der Waals surface area contributed by atoms with E-state index in [4.69, 9.17) is 5.14 Å². The number of benzene rings is 1. The van der Waals surface area contributed by atoms with Crippen molar-refractivity contribution in [3.63, 3.8) is 0 Å². The van der Waals surface area contributed by atoms with E-state index in [-0.39, 0.29) is 5.69 Å². The highest BCUT2D eigenvalue weighted by atomic mass is 32.2. The molecule has 0 saturated heterocycles. The Morgan fingerprint density at radius 1 is 1.35 bits per heavy atom. The van der Waals surface area contributed by atoms with Crippen molar-refractivity contribution >= 4 is 27.5 Å². The van der Waals surface area contributed by atoms with Gasteiger partial charge < -0.3 is 5.32 Å². The van der Waals surface area contributed by atoms with Crippen molar-refractivity contribution in [3.8, 4) is 11.8 Å². The highest BCUT2D eigenvalue weighted by Crippen LogP contribution is 2.15. The van der Waals surface area contributed by atoms with Gasteiger partial charge in [0.2, 0.25) is 0 Å². The molecule has 0 bridgehead atoms. The standard InChI is InChI=1S/C10H11N3O3S/c1-2-4-10(14)12-8-5-3-6-9(7-8)13-17(11,15)16/h3,5-7,13H,1H3,(H,12,14)(H2,11,15,16). The molecule has 0 heterocycles. The molecule has 0 aromatic heterocycles. The van der Waals surface area contributed by atoms with Gasteiger partial charge in [0.15, 0.2) is 0 Å². The topological polar surface area (TPSA) is 101 Å². The monoisotopic (exact) mass is 253 g/mol. The van der Waals surface area contributed by atoms with Crippen LogP contribution in [0.4, 0.5) is 11.4 Å². The average molecular weight is 253 g/mol. The van der Waals surface area contributed by atoms with E-state index in [2.05, 4.69) is 21.9 Å². The lowest BCUT2D eigenvalue weighted by molar-refractivity contribution is -0.111. The number of hydrogen-bond donors (Lipinski definition) is 3. The van der Waals surface area contributed by atoms with E-state index in [9.17, 15) is 13.2 Å². The molecule has 1 rings (SSSR count). The Morgan fingerprint density at radius 3 is 2.59 bits per heavy atom. The zero-order chi connectivity index (χ0) is 12.9. The minimum atomic E-state index is -3.82. The van der Waals surface area contributed by atoms with Crippen LogP contribution in [0.25, 0.3) is 0 Å². The van der Waals surface area contributed by atoms with Crippen LogP contribution in [0.3, 0.4) is 0 Å². The lowest BCUT2D eigenvalue weighted by Gasteiger charge is -2.06. The number of carbonyl (C=O) groups is 1. The molecule has 1 aromatic carbocycles. The van der Waals surface area contributed by atoms with Gasteiger partial charge in [0.25, 0.3) is 16.1 Å². The maximum absolute atomic E-state index is 11.2. The van der Waals surface area contributed by atoms with Gasteiger partial charge in [0.1, 0.15) is 0 Å². The number of nitrogens with one attached hydrogen (secondary N) is 2. The predicted molar refractivity (Wildman–Crippen MR) is 65.3 cm³/mol. The van der Waals surface area contributed by atoms with E-state index in [0.29, 0.717) is 5.69 Å². The molecule has 0 atom stereocenters. The normalized spacial score (nSPS) is 10.0. The second-order valence-electron chi connectivity index (χ2n) is 3.06. The Balaban J connectivity index is 2.85. The van der Waals surface area contributed by atoms with Gasteiger partial charge in [0.05, 0.1) is 5.69 Å². The van der Waals surface area contributed by atoms with Crippen LogP contribution in [-0.2, 0) is 15.0 Å².